The summed E-state index contributed by atoms with van der Waals surface area (Å²) in [6, 6.07) is 56.5. The van der Waals surface area contributed by atoms with Crippen LogP contribution in [0.1, 0.15) is 61.8 Å². The van der Waals surface area contributed by atoms with E-state index in [-0.39, 0.29) is 0 Å². The van der Waals surface area contributed by atoms with Gasteiger partial charge in [0.05, 0.1) is 0 Å². The van der Waals surface area contributed by atoms with Gasteiger partial charge in [-0.1, -0.05) is 125 Å². The molecule has 0 amide bonds. The second kappa shape index (κ2) is 14.2. The van der Waals surface area contributed by atoms with Crippen molar-refractivity contribution in [3.05, 3.63) is 180 Å². The lowest BCUT2D eigenvalue weighted by Gasteiger charge is -2.26. The molecule has 0 bridgehead atoms. The van der Waals surface area contributed by atoms with Crippen molar-refractivity contribution in [1.82, 2.24) is 0 Å². The third-order valence-electron chi connectivity index (χ3n) is 8.44. The monoisotopic (exact) mass is 598 g/mol. The molecule has 0 aliphatic carbocycles. The predicted molar refractivity (Wildman–Crippen MR) is 199 cm³/mol. The lowest BCUT2D eigenvalue weighted by Crippen LogP contribution is -2.10. The van der Waals surface area contributed by atoms with E-state index in [2.05, 4.69) is 207 Å². The minimum atomic E-state index is 0.506. The summed E-state index contributed by atoms with van der Waals surface area (Å²) < 4.78 is 0. The maximum absolute atomic E-state index is 2.31. The normalized spacial score (nSPS) is 11.3. The molecule has 0 aromatic heterocycles. The summed E-state index contributed by atoms with van der Waals surface area (Å²) in [5.74, 6) is 1.01. The Bertz CT molecular complexity index is 1690. The number of rotatable bonds is 10. The molecule has 0 N–H and O–H groups in total. The van der Waals surface area contributed by atoms with Crippen molar-refractivity contribution in [3.8, 4) is 0 Å². The Morgan fingerprint density at radius 1 is 0.326 bits per heavy atom. The average molecular weight is 599 g/mol. The van der Waals surface area contributed by atoms with E-state index >= 15 is 0 Å². The van der Waals surface area contributed by atoms with Crippen LogP contribution in [-0.2, 0) is 0 Å². The van der Waals surface area contributed by atoms with Crippen molar-refractivity contribution in [2.75, 3.05) is 9.80 Å². The van der Waals surface area contributed by atoms with Crippen molar-refractivity contribution in [3.63, 3.8) is 0 Å². The Kier molecular flexibility index (Phi) is 9.45. The highest BCUT2D eigenvalue weighted by Crippen LogP contribution is 2.37. The summed E-state index contributed by atoms with van der Waals surface area (Å²) in [5.41, 5.74) is 11.9. The SMILES string of the molecule is CC(C)c1ccc(N(c2ccccc2)c2ccc(C=Cc3ccc(N(c4ccccc4)c4ccc(C(C)C)cc4)cc3)cc2)cc1. The topological polar surface area (TPSA) is 6.48 Å². The highest BCUT2D eigenvalue weighted by Gasteiger charge is 2.14. The number of nitrogens with zero attached hydrogens (tertiary/aromatic N) is 2. The first-order chi connectivity index (χ1) is 22.5. The summed E-state index contributed by atoms with van der Waals surface area (Å²) in [6.45, 7) is 8.93. The van der Waals surface area contributed by atoms with Gasteiger partial charge in [-0.15, -0.1) is 0 Å². The molecular weight excluding hydrogens is 556 g/mol. The fraction of sp³-hybridized carbons (Fsp3) is 0.136. The molecule has 228 valence electrons. The van der Waals surface area contributed by atoms with E-state index in [0.717, 1.165) is 45.3 Å². The molecule has 0 fully saturated rings. The molecule has 0 aliphatic rings. The third-order valence-corrected chi connectivity index (χ3v) is 8.44. The van der Waals surface area contributed by atoms with Gasteiger partial charge in [-0.05, 0) is 107 Å². The van der Waals surface area contributed by atoms with Gasteiger partial charge in [-0.2, -0.15) is 0 Å². The van der Waals surface area contributed by atoms with Crippen LogP contribution in [0.3, 0.4) is 0 Å². The Morgan fingerprint density at radius 3 is 0.870 bits per heavy atom. The van der Waals surface area contributed by atoms with Gasteiger partial charge in [0.25, 0.3) is 0 Å². The fourth-order valence-corrected chi connectivity index (χ4v) is 5.73. The highest BCUT2D eigenvalue weighted by molar-refractivity contribution is 5.80. The zero-order valence-corrected chi connectivity index (χ0v) is 27.2. The molecule has 0 atom stereocenters. The van der Waals surface area contributed by atoms with Crippen LogP contribution in [-0.4, -0.2) is 0 Å². The van der Waals surface area contributed by atoms with Gasteiger partial charge in [0, 0.05) is 34.1 Å². The fourth-order valence-electron chi connectivity index (χ4n) is 5.73. The molecule has 0 unspecified atom stereocenters. The maximum atomic E-state index is 2.31. The van der Waals surface area contributed by atoms with Crippen LogP contribution >= 0.6 is 0 Å². The van der Waals surface area contributed by atoms with Crippen molar-refractivity contribution >= 4 is 46.3 Å². The summed E-state index contributed by atoms with van der Waals surface area (Å²) >= 11 is 0. The van der Waals surface area contributed by atoms with Gasteiger partial charge in [0.1, 0.15) is 0 Å². The Hall–Kier alpha value is -5.34. The second-order valence-electron chi connectivity index (χ2n) is 12.4. The third kappa shape index (κ3) is 7.14. The largest absolute Gasteiger partial charge is 0.311 e. The molecule has 2 heteroatoms. The quantitative estimate of drug-likeness (QED) is 0.145. The molecule has 46 heavy (non-hydrogen) atoms. The standard InChI is InChI=1S/C44H42N2/c1-33(2)37-21-29-43(30-22-37)45(39-11-7-5-8-12-39)41-25-17-35(18-26-41)15-16-36-19-27-42(28-20-36)46(40-13-9-6-10-14-40)44-31-23-38(24-32-44)34(3)4/h5-34H,1-4H3. The lowest BCUT2D eigenvalue weighted by atomic mass is 10.0. The van der Waals surface area contributed by atoms with Crippen LogP contribution in [0.15, 0.2) is 158 Å². The van der Waals surface area contributed by atoms with Gasteiger partial charge in [-0.3, -0.25) is 0 Å². The van der Waals surface area contributed by atoms with E-state index < -0.39 is 0 Å². The molecule has 0 heterocycles. The summed E-state index contributed by atoms with van der Waals surface area (Å²) in [6.07, 6.45) is 4.37. The molecule has 0 saturated carbocycles. The maximum Gasteiger partial charge on any atom is 0.0462 e. The van der Waals surface area contributed by atoms with Crippen LogP contribution in [0.4, 0.5) is 34.1 Å². The van der Waals surface area contributed by atoms with Gasteiger partial charge in [0.2, 0.25) is 0 Å². The zero-order valence-electron chi connectivity index (χ0n) is 27.2. The van der Waals surface area contributed by atoms with Gasteiger partial charge < -0.3 is 9.80 Å². The minimum Gasteiger partial charge on any atom is -0.311 e. The van der Waals surface area contributed by atoms with Crippen molar-refractivity contribution in [1.29, 1.82) is 0 Å². The highest BCUT2D eigenvalue weighted by atomic mass is 15.1. The molecule has 6 aromatic carbocycles. The van der Waals surface area contributed by atoms with Gasteiger partial charge in [-0.25, -0.2) is 0 Å². The van der Waals surface area contributed by atoms with Crippen LogP contribution < -0.4 is 9.80 Å². The van der Waals surface area contributed by atoms with E-state index in [9.17, 15) is 0 Å². The number of benzene rings is 6. The first-order valence-corrected chi connectivity index (χ1v) is 16.2. The van der Waals surface area contributed by atoms with Crippen LogP contribution in [0.25, 0.3) is 12.2 Å². The number of hydrogen-bond acceptors (Lipinski definition) is 2. The predicted octanol–water partition coefficient (Wildman–Crippen LogP) is 13.0. The summed E-state index contributed by atoms with van der Waals surface area (Å²) in [4.78, 5) is 4.62. The van der Waals surface area contributed by atoms with E-state index in [0.29, 0.717) is 11.8 Å². The average Bonchev–Trinajstić information content (AvgIpc) is 3.10. The minimum absolute atomic E-state index is 0.506. The first-order valence-electron chi connectivity index (χ1n) is 16.2. The first kappa shape index (κ1) is 30.7. The van der Waals surface area contributed by atoms with E-state index in [1.165, 1.54) is 11.1 Å². The smallest absolute Gasteiger partial charge is 0.0462 e. The number of hydrogen-bond donors (Lipinski definition) is 0. The summed E-state index contributed by atoms with van der Waals surface area (Å²) in [5, 5.41) is 0. The number of anilines is 6. The van der Waals surface area contributed by atoms with E-state index in [1.807, 2.05) is 0 Å². The van der Waals surface area contributed by atoms with Crippen LogP contribution in [0.2, 0.25) is 0 Å². The Morgan fingerprint density at radius 2 is 0.587 bits per heavy atom. The zero-order chi connectivity index (χ0) is 31.9. The van der Waals surface area contributed by atoms with E-state index in [4.69, 9.17) is 0 Å². The lowest BCUT2D eigenvalue weighted by molar-refractivity contribution is 0.866. The second-order valence-corrected chi connectivity index (χ2v) is 12.4. The molecule has 0 saturated heterocycles. The van der Waals surface area contributed by atoms with Crippen molar-refractivity contribution in [2.24, 2.45) is 0 Å². The molecule has 0 radical (unpaired) electrons. The number of para-hydroxylation sites is 2. The Labute approximate surface area is 274 Å². The Balaban J connectivity index is 1.22. The van der Waals surface area contributed by atoms with Crippen molar-refractivity contribution < 1.29 is 0 Å². The molecule has 0 spiro atoms. The summed E-state index contributed by atoms with van der Waals surface area (Å²) in [7, 11) is 0. The molecule has 6 rings (SSSR count). The van der Waals surface area contributed by atoms with Crippen LogP contribution in [0, 0.1) is 0 Å². The molecule has 2 nitrogen and oxygen atoms in total. The van der Waals surface area contributed by atoms with Gasteiger partial charge >= 0.3 is 0 Å². The van der Waals surface area contributed by atoms with Gasteiger partial charge in [0.15, 0.2) is 0 Å². The molecule has 6 aromatic rings. The molecular formula is C44H42N2. The van der Waals surface area contributed by atoms with Crippen molar-refractivity contribution in [2.45, 2.75) is 39.5 Å². The van der Waals surface area contributed by atoms with Crippen LogP contribution in [0.5, 0.6) is 0 Å². The molecule has 0 aliphatic heterocycles. The van der Waals surface area contributed by atoms with E-state index in [1.54, 1.807) is 0 Å².